The number of thioether (sulfide) groups is 1. The Morgan fingerprint density at radius 1 is 1.59 bits per heavy atom. The third kappa shape index (κ3) is 4.68. The lowest BCUT2D eigenvalue weighted by Gasteiger charge is -2.39. The van der Waals surface area contributed by atoms with Gasteiger partial charge in [-0.1, -0.05) is 13.8 Å². The van der Waals surface area contributed by atoms with Gasteiger partial charge in [0.2, 0.25) is 5.91 Å². The Balaban J connectivity index is 0.00000256. The standard InChI is InChI=1S/C12H24N2OS.ClH/c1-9-4-5-14(11(6-9)7-13)12(15)10(2)8-16-3;/h9-11H,4-8,13H2,1-3H3;1H. The zero-order valence-electron chi connectivity index (χ0n) is 11.0. The fraction of sp³-hybridized carbons (Fsp3) is 0.917. The zero-order chi connectivity index (χ0) is 12.1. The molecule has 3 unspecified atom stereocenters. The summed E-state index contributed by atoms with van der Waals surface area (Å²) < 4.78 is 0. The van der Waals surface area contributed by atoms with Crippen molar-refractivity contribution in [3.63, 3.8) is 0 Å². The molecule has 3 nitrogen and oxygen atoms in total. The van der Waals surface area contributed by atoms with Crippen LogP contribution in [0.2, 0.25) is 0 Å². The number of likely N-dealkylation sites (tertiary alicyclic amines) is 1. The molecule has 0 aromatic heterocycles. The number of amides is 1. The maximum atomic E-state index is 12.2. The summed E-state index contributed by atoms with van der Waals surface area (Å²) in [6.45, 7) is 5.75. The molecule has 102 valence electrons. The Morgan fingerprint density at radius 3 is 2.76 bits per heavy atom. The van der Waals surface area contributed by atoms with Gasteiger partial charge < -0.3 is 10.6 Å². The van der Waals surface area contributed by atoms with E-state index in [0.29, 0.717) is 12.5 Å². The molecule has 1 fully saturated rings. The first-order valence-corrected chi connectivity index (χ1v) is 7.49. The fourth-order valence-electron chi connectivity index (χ4n) is 2.37. The van der Waals surface area contributed by atoms with Crippen LogP contribution in [0.4, 0.5) is 0 Å². The van der Waals surface area contributed by atoms with Crippen molar-refractivity contribution in [1.29, 1.82) is 0 Å². The molecular weight excluding hydrogens is 256 g/mol. The van der Waals surface area contributed by atoms with Gasteiger partial charge in [0.15, 0.2) is 0 Å². The monoisotopic (exact) mass is 280 g/mol. The summed E-state index contributed by atoms with van der Waals surface area (Å²) >= 11 is 1.73. The molecule has 0 aliphatic carbocycles. The van der Waals surface area contributed by atoms with Crippen LogP contribution in [0.15, 0.2) is 0 Å². The van der Waals surface area contributed by atoms with Gasteiger partial charge in [0.05, 0.1) is 0 Å². The maximum absolute atomic E-state index is 12.2. The van der Waals surface area contributed by atoms with Gasteiger partial charge in [-0.05, 0) is 25.0 Å². The predicted molar refractivity (Wildman–Crippen MR) is 77.7 cm³/mol. The van der Waals surface area contributed by atoms with Crippen molar-refractivity contribution in [2.24, 2.45) is 17.6 Å². The van der Waals surface area contributed by atoms with Crippen molar-refractivity contribution in [2.45, 2.75) is 32.7 Å². The Labute approximate surface area is 115 Å². The van der Waals surface area contributed by atoms with E-state index in [-0.39, 0.29) is 30.3 Å². The van der Waals surface area contributed by atoms with Crippen LogP contribution >= 0.6 is 24.2 Å². The lowest BCUT2D eigenvalue weighted by Crippen LogP contribution is -2.51. The predicted octanol–water partition coefficient (Wildman–Crippen LogP) is 1.99. The smallest absolute Gasteiger partial charge is 0.226 e. The third-order valence-corrected chi connectivity index (χ3v) is 4.20. The molecule has 0 saturated carbocycles. The quantitative estimate of drug-likeness (QED) is 0.857. The normalized spacial score (nSPS) is 26.2. The molecule has 0 bridgehead atoms. The summed E-state index contributed by atoms with van der Waals surface area (Å²) in [4.78, 5) is 14.2. The molecule has 0 aromatic rings. The fourth-order valence-corrected chi connectivity index (χ4v) is 3.01. The number of carbonyl (C=O) groups excluding carboxylic acids is 1. The van der Waals surface area contributed by atoms with Gasteiger partial charge in [-0.15, -0.1) is 12.4 Å². The summed E-state index contributed by atoms with van der Waals surface area (Å²) in [6, 6.07) is 0.264. The van der Waals surface area contributed by atoms with E-state index in [2.05, 4.69) is 6.92 Å². The largest absolute Gasteiger partial charge is 0.338 e. The van der Waals surface area contributed by atoms with E-state index in [1.807, 2.05) is 18.1 Å². The summed E-state index contributed by atoms with van der Waals surface area (Å²) in [7, 11) is 0. The number of piperidine rings is 1. The minimum Gasteiger partial charge on any atom is -0.338 e. The topological polar surface area (TPSA) is 46.3 Å². The molecule has 0 spiro atoms. The van der Waals surface area contributed by atoms with Gasteiger partial charge in [0, 0.05) is 30.8 Å². The minimum absolute atomic E-state index is 0. The van der Waals surface area contributed by atoms with E-state index < -0.39 is 0 Å². The molecule has 0 aromatic carbocycles. The van der Waals surface area contributed by atoms with Crippen LogP contribution in [0.3, 0.4) is 0 Å². The molecule has 1 amide bonds. The lowest BCUT2D eigenvalue weighted by molar-refractivity contribution is -0.138. The van der Waals surface area contributed by atoms with Crippen LogP contribution in [0.1, 0.15) is 26.7 Å². The highest BCUT2D eigenvalue weighted by Gasteiger charge is 2.30. The minimum atomic E-state index is 0. The van der Waals surface area contributed by atoms with Crippen molar-refractivity contribution in [3.05, 3.63) is 0 Å². The molecule has 5 heteroatoms. The SMILES string of the molecule is CSCC(C)C(=O)N1CCC(C)CC1CN.Cl. The summed E-state index contributed by atoms with van der Waals surface area (Å²) in [5.74, 6) is 2.02. The molecule has 1 heterocycles. The van der Waals surface area contributed by atoms with E-state index in [4.69, 9.17) is 5.73 Å². The zero-order valence-corrected chi connectivity index (χ0v) is 12.6. The van der Waals surface area contributed by atoms with Gasteiger partial charge >= 0.3 is 0 Å². The van der Waals surface area contributed by atoms with Crippen molar-refractivity contribution in [1.82, 2.24) is 4.90 Å². The van der Waals surface area contributed by atoms with Crippen LogP contribution in [-0.2, 0) is 4.79 Å². The number of hydrogen-bond acceptors (Lipinski definition) is 3. The van der Waals surface area contributed by atoms with Crippen LogP contribution < -0.4 is 5.73 Å². The van der Waals surface area contributed by atoms with E-state index in [1.165, 1.54) is 0 Å². The number of halogens is 1. The van der Waals surface area contributed by atoms with E-state index in [0.717, 1.165) is 25.1 Å². The summed E-state index contributed by atoms with van der Waals surface area (Å²) in [6.07, 6.45) is 4.23. The third-order valence-electron chi connectivity index (χ3n) is 3.37. The van der Waals surface area contributed by atoms with Crippen molar-refractivity contribution < 1.29 is 4.79 Å². The highest BCUT2D eigenvalue weighted by Crippen LogP contribution is 2.24. The van der Waals surface area contributed by atoms with Crippen LogP contribution in [0.5, 0.6) is 0 Å². The first-order chi connectivity index (χ1) is 7.60. The average molecular weight is 281 g/mol. The average Bonchev–Trinajstić information content (AvgIpc) is 2.28. The number of nitrogens with two attached hydrogens (primary N) is 1. The van der Waals surface area contributed by atoms with Crippen LogP contribution in [0.25, 0.3) is 0 Å². The molecule has 0 radical (unpaired) electrons. The second-order valence-corrected chi connectivity index (χ2v) is 5.82. The second-order valence-electron chi connectivity index (χ2n) is 4.91. The van der Waals surface area contributed by atoms with Crippen LogP contribution in [-0.4, -0.2) is 41.9 Å². The van der Waals surface area contributed by atoms with Gasteiger partial charge in [-0.3, -0.25) is 4.79 Å². The Bertz CT molecular complexity index is 241. The first kappa shape index (κ1) is 17.1. The molecule has 1 aliphatic heterocycles. The Kier molecular flexibility index (Phi) is 8.25. The number of nitrogens with zero attached hydrogens (tertiary/aromatic N) is 1. The number of rotatable bonds is 4. The lowest BCUT2D eigenvalue weighted by atomic mass is 9.91. The van der Waals surface area contributed by atoms with Gasteiger partial charge in [-0.25, -0.2) is 0 Å². The number of hydrogen-bond donors (Lipinski definition) is 1. The van der Waals surface area contributed by atoms with Crippen molar-refractivity contribution >= 4 is 30.1 Å². The second kappa shape index (κ2) is 8.22. The Morgan fingerprint density at radius 2 is 2.24 bits per heavy atom. The molecule has 1 rings (SSSR count). The molecule has 1 aliphatic rings. The molecule has 2 N–H and O–H groups in total. The maximum Gasteiger partial charge on any atom is 0.226 e. The van der Waals surface area contributed by atoms with Gasteiger partial charge in [-0.2, -0.15) is 11.8 Å². The first-order valence-electron chi connectivity index (χ1n) is 6.09. The van der Waals surface area contributed by atoms with E-state index in [9.17, 15) is 4.79 Å². The van der Waals surface area contributed by atoms with Crippen LogP contribution in [0, 0.1) is 11.8 Å². The number of carbonyl (C=O) groups is 1. The van der Waals surface area contributed by atoms with Crippen molar-refractivity contribution in [2.75, 3.05) is 25.1 Å². The van der Waals surface area contributed by atoms with Crippen molar-refractivity contribution in [3.8, 4) is 0 Å². The van der Waals surface area contributed by atoms with E-state index in [1.54, 1.807) is 11.8 Å². The molecular formula is C12H25ClN2OS. The Hall–Kier alpha value is 0.0700. The van der Waals surface area contributed by atoms with Gasteiger partial charge in [0.25, 0.3) is 0 Å². The van der Waals surface area contributed by atoms with E-state index >= 15 is 0 Å². The molecule has 17 heavy (non-hydrogen) atoms. The summed E-state index contributed by atoms with van der Waals surface area (Å²) in [5.41, 5.74) is 5.77. The summed E-state index contributed by atoms with van der Waals surface area (Å²) in [5, 5.41) is 0. The van der Waals surface area contributed by atoms with Gasteiger partial charge in [0.1, 0.15) is 0 Å². The molecule has 3 atom stereocenters. The highest BCUT2D eigenvalue weighted by molar-refractivity contribution is 7.98. The molecule has 1 saturated heterocycles. The highest BCUT2D eigenvalue weighted by atomic mass is 35.5.